The minimum Gasteiger partial charge on any atom is -0.465 e. The highest BCUT2D eigenvalue weighted by Gasteiger charge is 2.35. The standard InChI is InChI=1S/C26H32N2O6/c1-3-33-24(29)16-28-23-13-9-8-12-20(23)14-15-21(25(28)30)27-22(26(31)34-4-2)18-32-17-19-10-6-5-7-11-19/h5-13,21-22,27H,3-4,14-18H2,1-2H3/t21-,22-/m0/s1. The third-order valence-corrected chi connectivity index (χ3v) is 5.51. The Morgan fingerprint density at radius 1 is 1.03 bits per heavy atom. The van der Waals surface area contributed by atoms with Crippen molar-refractivity contribution < 1.29 is 28.6 Å². The van der Waals surface area contributed by atoms with Crippen molar-refractivity contribution in [1.82, 2.24) is 5.32 Å². The molecule has 1 amide bonds. The molecule has 0 saturated carbocycles. The Morgan fingerprint density at radius 3 is 2.47 bits per heavy atom. The van der Waals surface area contributed by atoms with Crippen LogP contribution < -0.4 is 10.2 Å². The molecule has 2 atom stereocenters. The Morgan fingerprint density at radius 2 is 1.74 bits per heavy atom. The first-order chi connectivity index (χ1) is 16.5. The Labute approximate surface area is 200 Å². The summed E-state index contributed by atoms with van der Waals surface area (Å²) in [5, 5.41) is 3.14. The zero-order chi connectivity index (χ0) is 24.3. The molecule has 8 nitrogen and oxygen atoms in total. The molecule has 34 heavy (non-hydrogen) atoms. The summed E-state index contributed by atoms with van der Waals surface area (Å²) in [7, 11) is 0. The SMILES string of the molecule is CCOC(=O)CN1C(=O)[C@@H](N[C@@H](COCc2ccccc2)C(=O)OCC)CCc2ccccc21. The van der Waals surface area contributed by atoms with E-state index in [1.807, 2.05) is 54.6 Å². The summed E-state index contributed by atoms with van der Waals surface area (Å²) in [6.45, 7) is 4.08. The molecule has 3 rings (SSSR count). The number of ether oxygens (including phenoxy) is 3. The summed E-state index contributed by atoms with van der Waals surface area (Å²) >= 11 is 0. The van der Waals surface area contributed by atoms with Gasteiger partial charge in [0, 0.05) is 5.69 Å². The van der Waals surface area contributed by atoms with E-state index < -0.39 is 24.0 Å². The van der Waals surface area contributed by atoms with Crippen molar-refractivity contribution in [3.8, 4) is 0 Å². The highest BCUT2D eigenvalue weighted by atomic mass is 16.5. The maximum absolute atomic E-state index is 13.5. The third kappa shape index (κ3) is 6.88. The van der Waals surface area contributed by atoms with Gasteiger partial charge in [-0.2, -0.15) is 0 Å². The number of nitrogens with one attached hydrogen (secondary N) is 1. The maximum atomic E-state index is 13.5. The number of benzene rings is 2. The highest BCUT2D eigenvalue weighted by Crippen LogP contribution is 2.27. The van der Waals surface area contributed by atoms with Crippen LogP contribution in [0.2, 0.25) is 0 Å². The first kappa shape index (κ1) is 25.4. The number of aryl methyl sites for hydroxylation is 1. The number of nitrogens with zero attached hydrogens (tertiary/aromatic N) is 1. The Kier molecular flexibility index (Phi) is 9.61. The average Bonchev–Trinajstić information content (AvgIpc) is 2.96. The number of amides is 1. The molecular weight excluding hydrogens is 436 g/mol. The van der Waals surface area contributed by atoms with E-state index in [1.54, 1.807) is 13.8 Å². The van der Waals surface area contributed by atoms with Gasteiger partial charge in [0.05, 0.1) is 32.5 Å². The number of rotatable bonds is 11. The first-order valence-electron chi connectivity index (χ1n) is 11.6. The largest absolute Gasteiger partial charge is 0.465 e. The van der Waals surface area contributed by atoms with Gasteiger partial charge >= 0.3 is 11.9 Å². The van der Waals surface area contributed by atoms with Crippen molar-refractivity contribution in [2.75, 3.05) is 31.3 Å². The lowest BCUT2D eigenvalue weighted by atomic mass is 10.1. The average molecular weight is 469 g/mol. The van der Waals surface area contributed by atoms with Crippen molar-refractivity contribution >= 4 is 23.5 Å². The zero-order valence-electron chi connectivity index (χ0n) is 19.7. The Bertz CT molecular complexity index is 965. The Balaban J connectivity index is 1.75. The third-order valence-electron chi connectivity index (χ3n) is 5.51. The van der Waals surface area contributed by atoms with Crippen LogP contribution >= 0.6 is 0 Å². The van der Waals surface area contributed by atoms with Crippen molar-refractivity contribution in [3.05, 3.63) is 65.7 Å². The quantitative estimate of drug-likeness (QED) is 0.507. The molecular formula is C26H32N2O6. The Hall–Kier alpha value is -3.23. The number of esters is 2. The van der Waals surface area contributed by atoms with Crippen LogP contribution in [0.3, 0.4) is 0 Å². The summed E-state index contributed by atoms with van der Waals surface area (Å²) in [5.41, 5.74) is 2.61. The summed E-state index contributed by atoms with van der Waals surface area (Å²) in [6.07, 6.45) is 1.07. The van der Waals surface area contributed by atoms with Crippen LogP contribution in [0.1, 0.15) is 31.4 Å². The van der Waals surface area contributed by atoms with Crippen LogP contribution in [0.4, 0.5) is 5.69 Å². The maximum Gasteiger partial charge on any atom is 0.326 e. The lowest BCUT2D eigenvalue weighted by Gasteiger charge is -2.27. The van der Waals surface area contributed by atoms with Crippen LogP contribution in [0.5, 0.6) is 0 Å². The molecule has 1 heterocycles. The first-order valence-corrected chi connectivity index (χ1v) is 11.6. The number of carbonyl (C=O) groups is 3. The van der Waals surface area contributed by atoms with Crippen molar-refractivity contribution in [1.29, 1.82) is 0 Å². The van der Waals surface area contributed by atoms with Crippen LogP contribution in [0, 0.1) is 0 Å². The number of carbonyl (C=O) groups excluding carboxylic acids is 3. The van der Waals surface area contributed by atoms with Gasteiger partial charge in [-0.3, -0.25) is 24.6 Å². The molecule has 0 saturated heterocycles. The topological polar surface area (TPSA) is 94.2 Å². The van der Waals surface area contributed by atoms with E-state index in [0.717, 1.165) is 11.1 Å². The van der Waals surface area contributed by atoms with Crippen LogP contribution in [-0.2, 0) is 41.6 Å². The fraction of sp³-hybridized carbons (Fsp3) is 0.423. The second-order valence-electron chi connectivity index (χ2n) is 7.92. The fourth-order valence-corrected chi connectivity index (χ4v) is 3.91. The lowest BCUT2D eigenvalue weighted by Crippen LogP contribution is -2.54. The van der Waals surface area contributed by atoms with Crippen LogP contribution in [0.15, 0.2) is 54.6 Å². The highest BCUT2D eigenvalue weighted by molar-refractivity contribution is 6.02. The molecule has 0 radical (unpaired) electrons. The van der Waals surface area contributed by atoms with Gasteiger partial charge in [0.2, 0.25) is 5.91 Å². The van der Waals surface area contributed by atoms with Gasteiger partial charge < -0.3 is 14.2 Å². The van der Waals surface area contributed by atoms with E-state index in [9.17, 15) is 14.4 Å². The second kappa shape index (κ2) is 12.9. The van der Waals surface area contributed by atoms with E-state index >= 15 is 0 Å². The van der Waals surface area contributed by atoms with Crippen LogP contribution in [-0.4, -0.2) is 56.3 Å². The minimum absolute atomic E-state index is 0.0440. The zero-order valence-corrected chi connectivity index (χ0v) is 19.7. The van der Waals surface area contributed by atoms with Gasteiger partial charge in [-0.05, 0) is 43.9 Å². The molecule has 182 valence electrons. The second-order valence-corrected chi connectivity index (χ2v) is 7.92. The predicted octanol–water partition coefficient (Wildman–Crippen LogP) is 2.64. The molecule has 8 heteroatoms. The number of hydrogen-bond acceptors (Lipinski definition) is 7. The summed E-state index contributed by atoms with van der Waals surface area (Å²) < 4.78 is 16.1. The fourth-order valence-electron chi connectivity index (χ4n) is 3.91. The molecule has 0 spiro atoms. The molecule has 1 N–H and O–H groups in total. The van der Waals surface area contributed by atoms with Gasteiger partial charge in [0.15, 0.2) is 0 Å². The summed E-state index contributed by atoms with van der Waals surface area (Å²) in [5.74, 6) is -1.27. The summed E-state index contributed by atoms with van der Waals surface area (Å²) in [4.78, 5) is 39.9. The van der Waals surface area contributed by atoms with E-state index in [0.29, 0.717) is 25.1 Å². The molecule has 0 aliphatic carbocycles. The van der Waals surface area contributed by atoms with Gasteiger partial charge in [-0.1, -0.05) is 48.5 Å². The lowest BCUT2D eigenvalue weighted by molar-refractivity contribution is -0.148. The molecule has 0 aromatic heterocycles. The number of fused-ring (bicyclic) bond motifs is 1. The smallest absolute Gasteiger partial charge is 0.326 e. The van der Waals surface area contributed by atoms with Crippen molar-refractivity contribution in [3.63, 3.8) is 0 Å². The molecule has 0 fully saturated rings. The van der Waals surface area contributed by atoms with Crippen molar-refractivity contribution in [2.24, 2.45) is 0 Å². The number of para-hydroxylation sites is 1. The molecule has 0 unspecified atom stereocenters. The molecule has 2 aromatic carbocycles. The summed E-state index contributed by atoms with van der Waals surface area (Å²) in [6, 6.07) is 15.6. The molecule has 1 aliphatic heterocycles. The number of hydrogen-bond donors (Lipinski definition) is 1. The molecule has 0 bridgehead atoms. The van der Waals surface area contributed by atoms with Crippen molar-refractivity contribution in [2.45, 2.75) is 45.4 Å². The van der Waals surface area contributed by atoms with Gasteiger partial charge in [-0.25, -0.2) is 0 Å². The van der Waals surface area contributed by atoms with Gasteiger partial charge in [-0.15, -0.1) is 0 Å². The van der Waals surface area contributed by atoms with Gasteiger partial charge in [0.1, 0.15) is 12.6 Å². The van der Waals surface area contributed by atoms with Crippen LogP contribution in [0.25, 0.3) is 0 Å². The molecule has 1 aliphatic rings. The van der Waals surface area contributed by atoms with E-state index in [2.05, 4.69) is 5.32 Å². The normalized spacial score (nSPS) is 16.4. The van der Waals surface area contributed by atoms with E-state index in [4.69, 9.17) is 14.2 Å². The van der Waals surface area contributed by atoms with Gasteiger partial charge in [0.25, 0.3) is 0 Å². The predicted molar refractivity (Wildman–Crippen MR) is 127 cm³/mol. The number of anilines is 1. The van der Waals surface area contributed by atoms with E-state index in [-0.39, 0.29) is 32.3 Å². The van der Waals surface area contributed by atoms with E-state index in [1.165, 1.54) is 4.90 Å². The monoisotopic (exact) mass is 468 g/mol. The molecule has 2 aromatic rings. The minimum atomic E-state index is -0.830.